The van der Waals surface area contributed by atoms with Crippen LogP contribution in [-0.4, -0.2) is 23.9 Å². The molecule has 0 aromatic heterocycles. The molecule has 0 aromatic carbocycles. The van der Waals surface area contributed by atoms with Gasteiger partial charge in [-0.3, -0.25) is 0 Å². The van der Waals surface area contributed by atoms with Crippen molar-refractivity contribution in [2.45, 2.75) is 0 Å². The summed E-state index contributed by atoms with van der Waals surface area (Å²) in [4.78, 5) is 0. The van der Waals surface area contributed by atoms with Crippen LogP contribution in [0.2, 0.25) is 0 Å². The molecule has 0 atom stereocenters. The first kappa shape index (κ1) is 114. The summed E-state index contributed by atoms with van der Waals surface area (Å²) in [6.45, 7) is 0. The second-order valence-electron chi connectivity index (χ2n) is 0. The first-order valence-corrected chi connectivity index (χ1v) is 0. The first-order valence-electron chi connectivity index (χ1n) is 0. The topological polar surface area (TPSA) is 73.0 Å². The number of quaternary nitrogens is 2. The zero-order valence-corrected chi connectivity index (χ0v) is 9.03. The largest absolute Gasteiger partial charge is 4.00 e. The van der Waals surface area contributed by atoms with Crippen LogP contribution < -0.4 is 12.3 Å². The van der Waals surface area contributed by atoms with Crippen LogP contribution in [0.25, 0.3) is 0 Å². The molecule has 0 radical (unpaired) electrons. The summed E-state index contributed by atoms with van der Waals surface area (Å²) in [6, 6.07) is 0. The van der Waals surface area contributed by atoms with Crippen LogP contribution in [0.4, 0.5) is 0 Å². The fourth-order valence-corrected chi connectivity index (χ4v) is 0. The molecule has 0 unspecified atom stereocenters. The third-order valence-electron chi connectivity index (χ3n) is 0. The van der Waals surface area contributed by atoms with Gasteiger partial charge in [-0.2, -0.15) is 0 Å². The third kappa shape index (κ3) is 41.9. The summed E-state index contributed by atoms with van der Waals surface area (Å²) in [6.07, 6.45) is 0. The number of hydrogen-bond acceptors (Lipinski definition) is 0. The minimum atomic E-state index is 0. The standard InChI is InChI=1S/2H3N.3S.Sn/h2*1H3;;;;/q;;3*-2;+4/p+2. The first-order chi connectivity index (χ1) is 0. The molecule has 6 heteroatoms. The third-order valence-corrected chi connectivity index (χ3v) is 0. The molecule has 6 heavy (non-hydrogen) atoms. The van der Waals surface area contributed by atoms with E-state index < -0.39 is 0 Å². The predicted octanol–water partition coefficient (Wildman–Crippen LogP) is 0.364. The number of hydrogen-bond donors (Lipinski definition) is 2. The maximum absolute atomic E-state index is 0. The Balaban J connectivity index is 0. The summed E-state index contributed by atoms with van der Waals surface area (Å²) in [5.74, 6) is 0. The molecule has 40 valence electrons. The number of rotatable bonds is 0. The second-order valence-corrected chi connectivity index (χ2v) is 0. The summed E-state index contributed by atoms with van der Waals surface area (Å²) in [5, 5.41) is 0. The van der Waals surface area contributed by atoms with E-state index in [0.717, 1.165) is 0 Å². The molecule has 0 rings (SSSR count). The van der Waals surface area contributed by atoms with E-state index in [1.807, 2.05) is 0 Å². The van der Waals surface area contributed by atoms with Gasteiger partial charge in [0.1, 0.15) is 0 Å². The van der Waals surface area contributed by atoms with Gasteiger partial charge in [-0.1, -0.05) is 0 Å². The minimum Gasteiger partial charge on any atom is -2.00 e. The van der Waals surface area contributed by atoms with Gasteiger partial charge >= 0.3 is 23.9 Å². The van der Waals surface area contributed by atoms with E-state index in [9.17, 15) is 0 Å². The Labute approximate surface area is 76.3 Å². The van der Waals surface area contributed by atoms with Crippen LogP contribution in [0.3, 0.4) is 0 Å². The summed E-state index contributed by atoms with van der Waals surface area (Å²) in [5.41, 5.74) is 0. The maximum Gasteiger partial charge on any atom is 4.00 e. The van der Waals surface area contributed by atoms with Crippen LogP contribution in [0.5, 0.6) is 0 Å². The zero-order chi connectivity index (χ0) is 0. The van der Waals surface area contributed by atoms with Gasteiger partial charge in [-0.25, -0.2) is 0 Å². The molecule has 8 N–H and O–H groups in total. The monoisotopic (exact) mass is 252 g/mol. The van der Waals surface area contributed by atoms with E-state index in [2.05, 4.69) is 0 Å². The van der Waals surface area contributed by atoms with Gasteiger partial charge in [-0.15, -0.1) is 0 Å². The Morgan fingerprint density at radius 1 is 0.500 bits per heavy atom. The molecule has 0 spiro atoms. The van der Waals surface area contributed by atoms with Gasteiger partial charge in [0.25, 0.3) is 0 Å². The molecule has 2 nitrogen and oxygen atoms in total. The van der Waals surface area contributed by atoms with Gasteiger partial charge in [0.2, 0.25) is 0 Å². The zero-order valence-electron chi connectivity index (χ0n) is 3.72. The molecular weight excluding hydrogens is 243 g/mol. The minimum absolute atomic E-state index is 0. The van der Waals surface area contributed by atoms with Gasteiger partial charge in [0.05, 0.1) is 0 Å². The Bertz CT molecular complexity index is 8.75. The van der Waals surface area contributed by atoms with Crippen molar-refractivity contribution in [3.05, 3.63) is 0 Å². The van der Waals surface area contributed by atoms with E-state index in [4.69, 9.17) is 0 Å². The van der Waals surface area contributed by atoms with Crippen molar-refractivity contribution in [2.24, 2.45) is 0 Å². The van der Waals surface area contributed by atoms with Crippen molar-refractivity contribution in [3.8, 4) is 0 Å². The van der Waals surface area contributed by atoms with E-state index >= 15 is 0 Å². The molecule has 0 saturated heterocycles. The van der Waals surface area contributed by atoms with E-state index in [1.54, 1.807) is 0 Å². The van der Waals surface area contributed by atoms with Crippen LogP contribution in [-0.2, 0) is 40.5 Å². The molecule has 0 saturated carbocycles. The van der Waals surface area contributed by atoms with Crippen molar-refractivity contribution in [1.29, 1.82) is 0 Å². The maximum atomic E-state index is 0. The van der Waals surface area contributed by atoms with E-state index in [1.165, 1.54) is 0 Å². The fraction of sp³-hybridized carbons (Fsp3) is 0. The summed E-state index contributed by atoms with van der Waals surface area (Å²) < 4.78 is 0. The average Bonchev–Trinajstić information content (AvgIpc) is 0. The van der Waals surface area contributed by atoms with Gasteiger partial charge in [0, 0.05) is 0 Å². The SMILES string of the molecule is [NH4+].[NH4+].[S-2].[S-2].[S-2].[Sn+4]. The van der Waals surface area contributed by atoms with Crippen molar-refractivity contribution in [3.63, 3.8) is 0 Å². The molecule has 0 aliphatic rings. The molecule has 0 amide bonds. The van der Waals surface area contributed by atoms with Gasteiger partial charge in [0.15, 0.2) is 0 Å². The molecule has 0 fully saturated rings. The van der Waals surface area contributed by atoms with E-state index in [-0.39, 0.29) is 76.7 Å². The van der Waals surface area contributed by atoms with Crippen LogP contribution in [0.1, 0.15) is 0 Å². The summed E-state index contributed by atoms with van der Waals surface area (Å²) in [7, 11) is 0. The Kier molecular flexibility index (Phi) is 1370. The van der Waals surface area contributed by atoms with Crippen LogP contribution >= 0.6 is 0 Å². The van der Waals surface area contributed by atoms with Crippen LogP contribution in [0.15, 0.2) is 0 Å². The van der Waals surface area contributed by atoms with Crippen molar-refractivity contribution < 1.29 is 0 Å². The quantitative estimate of drug-likeness (QED) is 0.583. The van der Waals surface area contributed by atoms with Crippen molar-refractivity contribution >= 4 is 64.4 Å². The summed E-state index contributed by atoms with van der Waals surface area (Å²) >= 11 is 0. The van der Waals surface area contributed by atoms with Gasteiger partial charge < -0.3 is 52.8 Å². The van der Waals surface area contributed by atoms with E-state index in [0.29, 0.717) is 0 Å². The predicted molar refractivity (Wildman–Crippen MR) is 39.8 cm³/mol. The molecule has 0 bridgehead atoms. The van der Waals surface area contributed by atoms with Gasteiger partial charge in [-0.05, 0) is 0 Å². The molecule has 0 aromatic rings. The Morgan fingerprint density at radius 3 is 0.500 bits per heavy atom. The Morgan fingerprint density at radius 2 is 0.500 bits per heavy atom. The fourth-order valence-electron chi connectivity index (χ4n) is 0. The molecule has 0 aliphatic carbocycles. The van der Waals surface area contributed by atoms with Crippen molar-refractivity contribution in [1.82, 2.24) is 12.3 Å². The second kappa shape index (κ2) is 72.0. The molecule has 0 aliphatic heterocycles. The molecular formula is H8N2S3Sn. The van der Waals surface area contributed by atoms with Crippen LogP contribution in [0, 0.1) is 0 Å². The normalized spacial score (nSPS) is 0. The Hall–Kier alpha value is 1.77. The van der Waals surface area contributed by atoms with Crippen molar-refractivity contribution in [2.75, 3.05) is 0 Å². The molecule has 0 heterocycles. The average molecular weight is 251 g/mol. The smallest absolute Gasteiger partial charge is 2.00 e.